The molecule has 0 bridgehead atoms. The lowest BCUT2D eigenvalue weighted by atomic mass is 10.1. The smallest absolute Gasteiger partial charge is 0.0261 e. The third kappa shape index (κ3) is 0.867. The fraction of sp³-hybridized carbons (Fsp3) is 1.00. The Morgan fingerprint density at radius 3 is 3.20 bits per heavy atom. The molecule has 0 aromatic rings. The number of fused-ring (bicyclic) bond motifs is 1. The van der Waals surface area contributed by atoms with E-state index in [9.17, 15) is 0 Å². The molecule has 0 unspecified atom stereocenters. The Morgan fingerprint density at radius 1 is 1.50 bits per heavy atom. The van der Waals surface area contributed by atoms with Crippen LogP contribution in [0.15, 0.2) is 0 Å². The van der Waals surface area contributed by atoms with Crippen LogP contribution >= 0.6 is 0 Å². The van der Waals surface area contributed by atoms with E-state index >= 15 is 0 Å². The minimum Gasteiger partial charge on any atom is -0.315 e. The van der Waals surface area contributed by atoms with Crippen LogP contribution in [0.4, 0.5) is 0 Å². The highest BCUT2D eigenvalue weighted by molar-refractivity contribution is 4.93. The van der Waals surface area contributed by atoms with E-state index in [0.717, 1.165) is 12.0 Å². The Bertz CT molecular complexity index is 124. The molecule has 0 saturated carbocycles. The molecule has 2 atom stereocenters. The summed E-state index contributed by atoms with van der Waals surface area (Å²) in [5, 5.41) is 3.45. The van der Waals surface area contributed by atoms with Crippen molar-refractivity contribution in [3.63, 3.8) is 0 Å². The van der Waals surface area contributed by atoms with Crippen molar-refractivity contribution in [1.82, 2.24) is 10.2 Å². The molecule has 2 aliphatic rings. The van der Waals surface area contributed by atoms with E-state index < -0.39 is 0 Å². The van der Waals surface area contributed by atoms with Gasteiger partial charge in [0.2, 0.25) is 0 Å². The Morgan fingerprint density at radius 2 is 2.40 bits per heavy atom. The van der Waals surface area contributed by atoms with E-state index in [4.69, 9.17) is 0 Å². The summed E-state index contributed by atoms with van der Waals surface area (Å²) in [5.41, 5.74) is 0. The molecule has 0 radical (unpaired) electrons. The van der Waals surface area contributed by atoms with Gasteiger partial charge in [-0.1, -0.05) is 6.92 Å². The molecule has 2 heteroatoms. The lowest BCUT2D eigenvalue weighted by molar-refractivity contribution is 0.266. The van der Waals surface area contributed by atoms with Crippen LogP contribution in [0.25, 0.3) is 0 Å². The van der Waals surface area contributed by atoms with Gasteiger partial charge < -0.3 is 5.32 Å². The molecule has 2 heterocycles. The molecule has 2 aliphatic heterocycles. The van der Waals surface area contributed by atoms with E-state index in [-0.39, 0.29) is 0 Å². The zero-order valence-corrected chi connectivity index (χ0v) is 6.64. The van der Waals surface area contributed by atoms with Crippen molar-refractivity contribution in [2.24, 2.45) is 5.92 Å². The second-order valence-corrected chi connectivity index (χ2v) is 3.40. The van der Waals surface area contributed by atoms with Crippen LogP contribution in [0.3, 0.4) is 0 Å². The van der Waals surface area contributed by atoms with Gasteiger partial charge in [0.15, 0.2) is 0 Å². The summed E-state index contributed by atoms with van der Waals surface area (Å²) in [7, 11) is 0. The molecule has 58 valence electrons. The molecule has 2 nitrogen and oxygen atoms in total. The molecule has 2 rings (SSSR count). The van der Waals surface area contributed by atoms with Gasteiger partial charge >= 0.3 is 0 Å². The van der Waals surface area contributed by atoms with Gasteiger partial charge in [-0.2, -0.15) is 0 Å². The lowest BCUT2D eigenvalue weighted by Gasteiger charge is -2.20. The summed E-state index contributed by atoms with van der Waals surface area (Å²) in [6, 6.07) is 0.880. The third-order valence-corrected chi connectivity index (χ3v) is 2.97. The lowest BCUT2D eigenvalue weighted by Crippen LogP contribution is -2.33. The number of hydrogen-bond acceptors (Lipinski definition) is 2. The first kappa shape index (κ1) is 6.62. The third-order valence-electron chi connectivity index (χ3n) is 2.97. The van der Waals surface area contributed by atoms with Crippen molar-refractivity contribution in [3.05, 3.63) is 0 Å². The number of rotatable bonds is 1. The summed E-state index contributed by atoms with van der Waals surface area (Å²) in [6.07, 6.45) is 1.42. The minimum atomic E-state index is 0.880. The fourth-order valence-corrected chi connectivity index (χ4v) is 2.33. The van der Waals surface area contributed by atoms with Crippen LogP contribution in [0.1, 0.15) is 13.3 Å². The van der Waals surface area contributed by atoms with E-state index in [2.05, 4.69) is 17.1 Å². The van der Waals surface area contributed by atoms with Gasteiger partial charge in [0.25, 0.3) is 0 Å². The average Bonchev–Trinajstić information content (AvgIpc) is 2.44. The van der Waals surface area contributed by atoms with Crippen molar-refractivity contribution in [1.29, 1.82) is 0 Å². The normalized spacial score (nSPS) is 40.5. The molecule has 10 heavy (non-hydrogen) atoms. The molecule has 1 N–H and O–H groups in total. The summed E-state index contributed by atoms with van der Waals surface area (Å²) >= 11 is 0. The summed E-state index contributed by atoms with van der Waals surface area (Å²) < 4.78 is 0. The van der Waals surface area contributed by atoms with E-state index in [1.165, 1.54) is 32.6 Å². The summed E-state index contributed by atoms with van der Waals surface area (Å²) in [6.45, 7) is 7.34. The number of hydrogen-bond donors (Lipinski definition) is 1. The summed E-state index contributed by atoms with van der Waals surface area (Å²) in [5.74, 6) is 0.972. The predicted molar refractivity (Wildman–Crippen MR) is 42.0 cm³/mol. The maximum absolute atomic E-state index is 3.45. The largest absolute Gasteiger partial charge is 0.315 e. The molecular formula is C8H16N2. The number of likely N-dealkylation sites (tertiary alicyclic amines) is 1. The molecule has 0 aromatic carbocycles. The molecule has 2 fully saturated rings. The van der Waals surface area contributed by atoms with Crippen LogP contribution in [0.2, 0.25) is 0 Å². The first-order chi connectivity index (χ1) is 4.92. The molecule has 0 aromatic heterocycles. The topological polar surface area (TPSA) is 15.3 Å². The quantitative estimate of drug-likeness (QED) is 0.563. The SMILES string of the molecule is CCN1CC[C@@H]2CNC[C@@H]21. The van der Waals surface area contributed by atoms with Crippen molar-refractivity contribution in [3.8, 4) is 0 Å². The van der Waals surface area contributed by atoms with E-state index in [0.29, 0.717) is 0 Å². The maximum Gasteiger partial charge on any atom is 0.0261 e. The highest BCUT2D eigenvalue weighted by Gasteiger charge is 2.36. The Kier molecular flexibility index (Phi) is 1.66. The predicted octanol–water partition coefficient (Wildman–Crippen LogP) is 0.300. The van der Waals surface area contributed by atoms with Crippen LogP contribution < -0.4 is 5.32 Å². The second-order valence-electron chi connectivity index (χ2n) is 3.40. The fourth-order valence-electron chi connectivity index (χ4n) is 2.33. The molecular weight excluding hydrogens is 124 g/mol. The van der Waals surface area contributed by atoms with Crippen LogP contribution in [0, 0.1) is 5.92 Å². The van der Waals surface area contributed by atoms with Gasteiger partial charge in [-0.15, -0.1) is 0 Å². The molecule has 0 amide bonds. The molecule has 2 saturated heterocycles. The van der Waals surface area contributed by atoms with Crippen LogP contribution in [-0.4, -0.2) is 37.1 Å². The Labute approximate surface area is 62.6 Å². The van der Waals surface area contributed by atoms with Crippen molar-refractivity contribution in [2.75, 3.05) is 26.2 Å². The molecule has 0 aliphatic carbocycles. The summed E-state index contributed by atoms with van der Waals surface area (Å²) in [4.78, 5) is 2.60. The van der Waals surface area contributed by atoms with Gasteiger partial charge in [-0.3, -0.25) is 4.90 Å². The van der Waals surface area contributed by atoms with Crippen molar-refractivity contribution in [2.45, 2.75) is 19.4 Å². The highest BCUT2D eigenvalue weighted by Crippen LogP contribution is 2.26. The van der Waals surface area contributed by atoms with E-state index in [1.807, 2.05) is 0 Å². The van der Waals surface area contributed by atoms with Gasteiger partial charge in [0.1, 0.15) is 0 Å². The first-order valence-corrected chi connectivity index (χ1v) is 4.36. The number of likely N-dealkylation sites (N-methyl/N-ethyl adjacent to an activating group) is 1. The average molecular weight is 140 g/mol. The first-order valence-electron chi connectivity index (χ1n) is 4.36. The van der Waals surface area contributed by atoms with Gasteiger partial charge in [-0.05, 0) is 32.0 Å². The highest BCUT2D eigenvalue weighted by atomic mass is 15.2. The van der Waals surface area contributed by atoms with Crippen molar-refractivity contribution < 1.29 is 0 Å². The van der Waals surface area contributed by atoms with E-state index in [1.54, 1.807) is 0 Å². The van der Waals surface area contributed by atoms with Gasteiger partial charge in [0, 0.05) is 12.6 Å². The monoisotopic (exact) mass is 140 g/mol. The molecule has 0 spiro atoms. The van der Waals surface area contributed by atoms with Crippen molar-refractivity contribution >= 4 is 0 Å². The zero-order chi connectivity index (χ0) is 6.97. The van der Waals surface area contributed by atoms with Crippen LogP contribution in [0.5, 0.6) is 0 Å². The number of nitrogens with one attached hydrogen (secondary N) is 1. The Balaban J connectivity index is 2.01. The van der Waals surface area contributed by atoms with Gasteiger partial charge in [0.05, 0.1) is 0 Å². The second kappa shape index (κ2) is 2.51. The maximum atomic E-state index is 3.45. The standard InChI is InChI=1S/C8H16N2/c1-2-10-4-3-7-5-9-6-8(7)10/h7-9H,2-6H2,1H3/t7-,8+/m1/s1. The number of nitrogens with zero attached hydrogens (tertiary/aromatic N) is 1. The van der Waals surface area contributed by atoms with Crippen LogP contribution in [-0.2, 0) is 0 Å². The minimum absolute atomic E-state index is 0.880. The Hall–Kier alpha value is -0.0800. The zero-order valence-electron chi connectivity index (χ0n) is 6.64. The van der Waals surface area contributed by atoms with Gasteiger partial charge in [-0.25, -0.2) is 0 Å².